The van der Waals surface area contributed by atoms with E-state index in [1.165, 1.54) is 4.31 Å². The van der Waals surface area contributed by atoms with Crippen LogP contribution in [0.1, 0.15) is 45.6 Å². The molecule has 2 aliphatic rings. The van der Waals surface area contributed by atoms with Crippen LogP contribution < -0.4 is 10.2 Å². The van der Waals surface area contributed by atoms with E-state index in [9.17, 15) is 13.2 Å². The molecule has 2 aliphatic heterocycles. The Balaban J connectivity index is 1.56. The molecular weight excluding hydrogens is 392 g/mol. The molecule has 2 saturated heterocycles. The Morgan fingerprint density at radius 1 is 1.28 bits per heavy atom. The summed E-state index contributed by atoms with van der Waals surface area (Å²) in [6.45, 7) is 8.30. The van der Waals surface area contributed by atoms with Crippen LogP contribution in [0.3, 0.4) is 0 Å². The smallest absolute Gasteiger partial charge is 0.238 e. The lowest BCUT2D eigenvalue weighted by Gasteiger charge is -2.36. The van der Waals surface area contributed by atoms with Crippen molar-refractivity contribution in [2.45, 2.75) is 64.8 Å². The molecule has 3 rings (SSSR count). The minimum Gasteiger partial charge on any atom is -0.372 e. The summed E-state index contributed by atoms with van der Waals surface area (Å²) in [5.74, 6) is 0.748. The van der Waals surface area contributed by atoms with Gasteiger partial charge in [-0.1, -0.05) is 13.0 Å². The van der Waals surface area contributed by atoms with Gasteiger partial charge in [0.1, 0.15) is 11.9 Å². The highest BCUT2D eigenvalue weighted by atomic mass is 32.2. The third-order valence-corrected chi connectivity index (χ3v) is 7.42. The fourth-order valence-electron chi connectivity index (χ4n) is 4.09. The van der Waals surface area contributed by atoms with Crippen LogP contribution in [0.4, 0.5) is 5.82 Å². The number of sulfonamides is 1. The van der Waals surface area contributed by atoms with Crippen molar-refractivity contribution in [3.63, 3.8) is 0 Å². The van der Waals surface area contributed by atoms with Crippen molar-refractivity contribution in [2.24, 2.45) is 0 Å². The average molecular weight is 425 g/mol. The van der Waals surface area contributed by atoms with Crippen molar-refractivity contribution in [1.82, 2.24) is 14.6 Å². The Labute approximate surface area is 173 Å². The van der Waals surface area contributed by atoms with E-state index >= 15 is 0 Å². The first kappa shape index (κ1) is 22.0. The molecule has 8 nitrogen and oxygen atoms in total. The van der Waals surface area contributed by atoms with Gasteiger partial charge in [-0.3, -0.25) is 4.79 Å². The standard InChI is InChI=1S/C20H32N4O4S/c1-4-10-29(26,27)24-9-5-6-18(24)20(25)22-12-17-7-8-19(21-11-17)23-13-15(2)28-16(3)14-23/h7-8,11,15-16,18H,4-6,9-10,12-14H2,1-3H3,(H,22,25). The van der Waals surface area contributed by atoms with E-state index in [4.69, 9.17) is 4.74 Å². The third-order valence-electron chi connectivity index (χ3n) is 5.35. The number of anilines is 1. The normalized spacial score (nSPS) is 25.9. The molecule has 2 fully saturated rings. The Kier molecular flexibility index (Phi) is 7.13. The molecule has 1 N–H and O–H groups in total. The predicted molar refractivity (Wildman–Crippen MR) is 112 cm³/mol. The Morgan fingerprint density at radius 2 is 2.00 bits per heavy atom. The lowest BCUT2D eigenvalue weighted by atomic mass is 10.2. The summed E-state index contributed by atoms with van der Waals surface area (Å²) in [5.41, 5.74) is 0.886. The minimum absolute atomic E-state index is 0.0843. The number of carbonyl (C=O) groups is 1. The van der Waals surface area contributed by atoms with E-state index in [-0.39, 0.29) is 23.9 Å². The average Bonchev–Trinajstić information content (AvgIpc) is 3.17. The van der Waals surface area contributed by atoms with Gasteiger partial charge in [-0.05, 0) is 44.7 Å². The number of rotatable bonds is 7. The largest absolute Gasteiger partial charge is 0.372 e. The number of nitrogens with one attached hydrogen (secondary N) is 1. The van der Waals surface area contributed by atoms with Gasteiger partial charge in [0, 0.05) is 32.4 Å². The lowest BCUT2D eigenvalue weighted by molar-refractivity contribution is -0.124. The highest BCUT2D eigenvalue weighted by Crippen LogP contribution is 2.22. The van der Waals surface area contributed by atoms with Crippen molar-refractivity contribution in [3.05, 3.63) is 23.9 Å². The number of amides is 1. The van der Waals surface area contributed by atoms with E-state index < -0.39 is 16.1 Å². The highest BCUT2D eigenvalue weighted by Gasteiger charge is 2.37. The third kappa shape index (κ3) is 5.46. The SMILES string of the molecule is CCCS(=O)(=O)N1CCCC1C(=O)NCc1ccc(N2CC(C)OC(C)C2)nc1. The second-order valence-electron chi connectivity index (χ2n) is 7.99. The Bertz CT molecular complexity index is 789. The molecule has 0 aliphatic carbocycles. The first-order chi connectivity index (χ1) is 13.8. The molecule has 1 aromatic rings. The number of hydrogen-bond donors (Lipinski definition) is 1. The molecule has 0 aromatic carbocycles. The van der Waals surface area contributed by atoms with E-state index in [2.05, 4.69) is 29.0 Å². The van der Waals surface area contributed by atoms with Crippen molar-refractivity contribution in [3.8, 4) is 0 Å². The maximum Gasteiger partial charge on any atom is 0.238 e. The van der Waals surface area contributed by atoms with E-state index in [1.54, 1.807) is 6.20 Å². The van der Waals surface area contributed by atoms with Crippen molar-refractivity contribution in [1.29, 1.82) is 0 Å². The molecule has 3 atom stereocenters. The van der Waals surface area contributed by atoms with Gasteiger partial charge in [-0.25, -0.2) is 13.4 Å². The zero-order chi connectivity index (χ0) is 21.0. The van der Waals surface area contributed by atoms with Crippen LogP contribution in [0, 0.1) is 0 Å². The Hall–Kier alpha value is -1.71. The predicted octanol–water partition coefficient (Wildman–Crippen LogP) is 1.52. The maximum absolute atomic E-state index is 12.6. The number of pyridine rings is 1. The molecule has 0 radical (unpaired) electrons. The molecule has 0 bridgehead atoms. The van der Waals surface area contributed by atoms with E-state index in [0.717, 1.165) is 24.5 Å². The fourth-order valence-corrected chi connectivity index (χ4v) is 5.84. The molecule has 3 heterocycles. The van der Waals surface area contributed by atoms with Crippen LogP contribution >= 0.6 is 0 Å². The lowest BCUT2D eigenvalue weighted by Crippen LogP contribution is -2.46. The minimum atomic E-state index is -3.37. The van der Waals surface area contributed by atoms with Gasteiger partial charge in [0.2, 0.25) is 15.9 Å². The Morgan fingerprint density at radius 3 is 2.62 bits per heavy atom. The number of aromatic nitrogens is 1. The van der Waals surface area contributed by atoms with Crippen LogP contribution in [-0.4, -0.2) is 67.3 Å². The zero-order valence-corrected chi connectivity index (χ0v) is 18.3. The van der Waals surface area contributed by atoms with Gasteiger partial charge >= 0.3 is 0 Å². The number of hydrogen-bond acceptors (Lipinski definition) is 6. The van der Waals surface area contributed by atoms with Gasteiger partial charge in [0.05, 0.1) is 18.0 Å². The second-order valence-corrected chi connectivity index (χ2v) is 10.0. The topological polar surface area (TPSA) is 91.8 Å². The molecule has 1 aromatic heterocycles. The molecule has 0 saturated carbocycles. The molecule has 3 unspecified atom stereocenters. The van der Waals surface area contributed by atoms with E-state index in [0.29, 0.717) is 32.4 Å². The summed E-state index contributed by atoms with van der Waals surface area (Å²) >= 11 is 0. The first-order valence-electron chi connectivity index (χ1n) is 10.4. The van der Waals surface area contributed by atoms with Gasteiger partial charge in [-0.15, -0.1) is 0 Å². The molecule has 1 amide bonds. The summed E-state index contributed by atoms with van der Waals surface area (Å²) in [6, 6.07) is 3.31. The monoisotopic (exact) mass is 424 g/mol. The number of ether oxygens (including phenoxy) is 1. The molecular formula is C20H32N4O4S. The fraction of sp³-hybridized carbons (Fsp3) is 0.700. The van der Waals surface area contributed by atoms with Crippen LogP contribution in [-0.2, 0) is 26.1 Å². The summed E-state index contributed by atoms with van der Waals surface area (Å²) in [4.78, 5) is 19.3. The van der Waals surface area contributed by atoms with E-state index in [1.807, 2.05) is 19.1 Å². The van der Waals surface area contributed by atoms with Crippen molar-refractivity contribution in [2.75, 3.05) is 30.3 Å². The van der Waals surface area contributed by atoms with Gasteiger partial charge < -0.3 is 15.0 Å². The zero-order valence-electron chi connectivity index (χ0n) is 17.5. The van der Waals surface area contributed by atoms with Gasteiger partial charge in [-0.2, -0.15) is 4.31 Å². The quantitative estimate of drug-likeness (QED) is 0.714. The molecule has 9 heteroatoms. The second kappa shape index (κ2) is 9.40. The van der Waals surface area contributed by atoms with Crippen molar-refractivity contribution >= 4 is 21.7 Å². The van der Waals surface area contributed by atoms with Crippen LogP contribution in [0.5, 0.6) is 0 Å². The van der Waals surface area contributed by atoms with Crippen LogP contribution in [0.2, 0.25) is 0 Å². The number of carbonyl (C=O) groups excluding carboxylic acids is 1. The number of nitrogens with zero attached hydrogens (tertiary/aromatic N) is 3. The van der Waals surface area contributed by atoms with Gasteiger partial charge in [0.25, 0.3) is 0 Å². The van der Waals surface area contributed by atoms with Crippen LogP contribution in [0.25, 0.3) is 0 Å². The highest BCUT2D eigenvalue weighted by molar-refractivity contribution is 7.89. The molecule has 0 spiro atoms. The maximum atomic E-state index is 12.6. The summed E-state index contributed by atoms with van der Waals surface area (Å²) in [5, 5.41) is 2.88. The summed E-state index contributed by atoms with van der Waals surface area (Å²) in [7, 11) is -3.37. The summed E-state index contributed by atoms with van der Waals surface area (Å²) < 4.78 is 31.9. The first-order valence-corrected chi connectivity index (χ1v) is 12.0. The van der Waals surface area contributed by atoms with Gasteiger partial charge in [0.15, 0.2) is 0 Å². The molecule has 29 heavy (non-hydrogen) atoms. The number of morpholine rings is 1. The van der Waals surface area contributed by atoms with Crippen LogP contribution in [0.15, 0.2) is 18.3 Å². The summed E-state index contributed by atoms with van der Waals surface area (Å²) in [6.07, 6.45) is 3.93. The van der Waals surface area contributed by atoms with Crippen molar-refractivity contribution < 1.29 is 17.9 Å². The molecule has 162 valence electrons.